The molecule has 2 N–H and O–H groups in total. The van der Waals surface area contributed by atoms with Gasteiger partial charge < -0.3 is 15.4 Å². The van der Waals surface area contributed by atoms with Crippen LogP contribution < -0.4 is 15.4 Å². The van der Waals surface area contributed by atoms with Crippen molar-refractivity contribution in [3.8, 4) is 5.75 Å². The molecule has 0 aromatic heterocycles. The number of nitrogens with one attached hydrogen (secondary N) is 2. The smallest absolute Gasteiger partial charge is 0.289 e. The maximum atomic E-state index is 12.7. The highest BCUT2D eigenvalue weighted by Gasteiger charge is 2.29. The molecule has 1 heterocycles. The highest BCUT2D eigenvalue weighted by Crippen LogP contribution is 2.22. The first-order valence-corrected chi connectivity index (χ1v) is 11.2. The predicted octanol–water partition coefficient (Wildman–Crippen LogP) is 3.04. The van der Waals surface area contributed by atoms with Crippen molar-refractivity contribution in [1.29, 1.82) is 0 Å². The molecule has 0 radical (unpaired) electrons. The van der Waals surface area contributed by atoms with E-state index >= 15 is 0 Å². The van der Waals surface area contributed by atoms with Crippen LogP contribution >= 0.6 is 11.8 Å². The SMILES string of the molecule is CC(C)C(NC(=O)COc1ccccc1)C(=O)Nc1ccc(CN2C(=O)CSC2=O)cc1. The summed E-state index contributed by atoms with van der Waals surface area (Å²) < 4.78 is 5.43. The van der Waals surface area contributed by atoms with E-state index in [1.807, 2.05) is 32.0 Å². The molecule has 2 aromatic carbocycles. The van der Waals surface area contributed by atoms with Gasteiger partial charge in [0.1, 0.15) is 11.8 Å². The number of amides is 4. The molecule has 9 heteroatoms. The summed E-state index contributed by atoms with van der Waals surface area (Å²) in [6.45, 7) is 3.69. The number of hydrogen-bond donors (Lipinski definition) is 2. The molecule has 1 aliphatic heterocycles. The lowest BCUT2D eigenvalue weighted by molar-refractivity contribution is -0.128. The van der Waals surface area contributed by atoms with Crippen LogP contribution in [0, 0.1) is 5.92 Å². The Balaban J connectivity index is 1.54. The zero-order valence-electron chi connectivity index (χ0n) is 17.9. The number of thioether (sulfide) groups is 1. The Hall–Kier alpha value is -3.33. The fraction of sp³-hybridized carbons (Fsp3) is 0.304. The molecule has 0 bridgehead atoms. The molecule has 1 unspecified atom stereocenters. The average molecular weight is 456 g/mol. The summed E-state index contributed by atoms with van der Waals surface area (Å²) in [7, 11) is 0. The number of anilines is 1. The average Bonchev–Trinajstić information content (AvgIpc) is 3.09. The van der Waals surface area contributed by atoms with Crippen LogP contribution in [0.15, 0.2) is 54.6 Å². The van der Waals surface area contributed by atoms with Crippen molar-refractivity contribution in [3.05, 3.63) is 60.2 Å². The zero-order valence-corrected chi connectivity index (χ0v) is 18.7. The summed E-state index contributed by atoms with van der Waals surface area (Å²) in [4.78, 5) is 49.7. The molecule has 8 nitrogen and oxygen atoms in total. The summed E-state index contributed by atoms with van der Waals surface area (Å²) in [5, 5.41) is 5.26. The van der Waals surface area contributed by atoms with Crippen LogP contribution in [-0.2, 0) is 20.9 Å². The van der Waals surface area contributed by atoms with Crippen LogP contribution in [0.25, 0.3) is 0 Å². The van der Waals surface area contributed by atoms with Gasteiger partial charge in [0.15, 0.2) is 6.61 Å². The van der Waals surface area contributed by atoms with Crippen LogP contribution in [-0.4, -0.2) is 46.3 Å². The number of carbonyl (C=O) groups excluding carboxylic acids is 4. The van der Waals surface area contributed by atoms with Gasteiger partial charge in [-0.3, -0.25) is 24.1 Å². The minimum absolute atomic E-state index is 0.139. The van der Waals surface area contributed by atoms with Crippen molar-refractivity contribution in [2.24, 2.45) is 5.92 Å². The molecule has 168 valence electrons. The van der Waals surface area contributed by atoms with Crippen LogP contribution in [0.4, 0.5) is 10.5 Å². The van der Waals surface area contributed by atoms with E-state index in [9.17, 15) is 19.2 Å². The first kappa shape index (κ1) is 23.3. The summed E-state index contributed by atoms with van der Waals surface area (Å²) in [6, 6.07) is 15.1. The quantitative estimate of drug-likeness (QED) is 0.602. The second kappa shape index (κ2) is 10.8. The van der Waals surface area contributed by atoms with E-state index < -0.39 is 11.9 Å². The van der Waals surface area contributed by atoms with Crippen LogP contribution in [0.1, 0.15) is 19.4 Å². The molecule has 2 aromatic rings. The number of carbonyl (C=O) groups is 4. The third-order valence-corrected chi connectivity index (χ3v) is 5.64. The summed E-state index contributed by atoms with van der Waals surface area (Å²) >= 11 is 0.994. The summed E-state index contributed by atoms with van der Waals surface area (Å²) in [6.07, 6.45) is 0. The van der Waals surface area contributed by atoms with E-state index in [-0.39, 0.29) is 41.9 Å². The molecule has 4 amide bonds. The topological polar surface area (TPSA) is 105 Å². The first-order valence-electron chi connectivity index (χ1n) is 10.2. The second-order valence-electron chi connectivity index (χ2n) is 7.61. The number of para-hydroxylation sites is 1. The Morgan fingerprint density at radius 1 is 1.06 bits per heavy atom. The molecule has 1 aliphatic rings. The van der Waals surface area contributed by atoms with Crippen molar-refractivity contribution in [3.63, 3.8) is 0 Å². The molecular weight excluding hydrogens is 430 g/mol. The Bertz CT molecular complexity index is 963. The molecule has 32 heavy (non-hydrogen) atoms. The van der Waals surface area contributed by atoms with Crippen molar-refractivity contribution < 1.29 is 23.9 Å². The highest BCUT2D eigenvalue weighted by atomic mass is 32.2. The molecule has 3 rings (SSSR count). The van der Waals surface area contributed by atoms with Gasteiger partial charge in [0.05, 0.1) is 12.3 Å². The number of imide groups is 1. The predicted molar refractivity (Wildman–Crippen MR) is 122 cm³/mol. The van der Waals surface area contributed by atoms with E-state index in [0.29, 0.717) is 11.4 Å². The highest BCUT2D eigenvalue weighted by molar-refractivity contribution is 8.14. The van der Waals surface area contributed by atoms with Gasteiger partial charge >= 0.3 is 0 Å². The third-order valence-electron chi connectivity index (χ3n) is 4.78. The number of benzene rings is 2. The largest absolute Gasteiger partial charge is 0.484 e. The minimum atomic E-state index is -0.738. The van der Waals surface area contributed by atoms with Gasteiger partial charge in [0.25, 0.3) is 11.1 Å². The normalized spacial score (nSPS) is 14.4. The summed E-state index contributed by atoms with van der Waals surface area (Å²) in [5.41, 5.74) is 1.33. The van der Waals surface area contributed by atoms with E-state index in [0.717, 1.165) is 17.3 Å². The standard InChI is InChI=1S/C23H25N3O5S/c1-15(2)21(25-19(27)13-31-18-6-4-3-5-7-18)22(29)24-17-10-8-16(9-11-17)12-26-20(28)14-32-23(26)30/h3-11,15,21H,12-14H2,1-2H3,(H,24,29)(H,25,27). The van der Waals surface area contributed by atoms with E-state index in [1.165, 1.54) is 4.90 Å². The number of ether oxygens (including phenoxy) is 1. The third kappa shape index (κ3) is 6.34. The molecule has 0 spiro atoms. The van der Waals surface area contributed by atoms with Gasteiger partial charge in [-0.15, -0.1) is 0 Å². The molecule has 0 aliphatic carbocycles. The Morgan fingerprint density at radius 3 is 2.34 bits per heavy atom. The lowest BCUT2D eigenvalue weighted by atomic mass is 10.0. The Labute approximate surface area is 190 Å². The fourth-order valence-electron chi connectivity index (χ4n) is 3.05. The van der Waals surface area contributed by atoms with E-state index in [2.05, 4.69) is 10.6 Å². The molecule has 1 saturated heterocycles. The van der Waals surface area contributed by atoms with Gasteiger partial charge in [0, 0.05) is 5.69 Å². The maximum absolute atomic E-state index is 12.7. The van der Waals surface area contributed by atoms with Crippen molar-refractivity contribution in [2.75, 3.05) is 17.7 Å². The first-order chi connectivity index (χ1) is 15.3. The van der Waals surface area contributed by atoms with Crippen molar-refractivity contribution >= 4 is 40.4 Å². The molecule has 0 saturated carbocycles. The van der Waals surface area contributed by atoms with E-state index in [4.69, 9.17) is 4.74 Å². The van der Waals surface area contributed by atoms with Crippen molar-refractivity contribution in [1.82, 2.24) is 10.2 Å². The number of rotatable bonds is 9. The Kier molecular flexibility index (Phi) is 7.88. The molecular formula is C23H25N3O5S. The number of hydrogen-bond acceptors (Lipinski definition) is 6. The fourth-order valence-corrected chi connectivity index (χ4v) is 3.77. The minimum Gasteiger partial charge on any atom is -0.484 e. The van der Waals surface area contributed by atoms with Crippen LogP contribution in [0.3, 0.4) is 0 Å². The van der Waals surface area contributed by atoms with Gasteiger partial charge in [-0.05, 0) is 35.7 Å². The second-order valence-corrected chi connectivity index (χ2v) is 8.54. The van der Waals surface area contributed by atoms with Gasteiger partial charge in [-0.1, -0.05) is 55.9 Å². The maximum Gasteiger partial charge on any atom is 0.289 e. The molecule has 1 fully saturated rings. The molecule has 1 atom stereocenters. The zero-order chi connectivity index (χ0) is 23.1. The van der Waals surface area contributed by atoms with Gasteiger partial charge in [-0.2, -0.15) is 0 Å². The van der Waals surface area contributed by atoms with Gasteiger partial charge in [-0.25, -0.2) is 0 Å². The summed E-state index contributed by atoms with van der Waals surface area (Å²) in [5.74, 6) is -0.336. The van der Waals surface area contributed by atoms with Gasteiger partial charge in [0.2, 0.25) is 11.8 Å². The van der Waals surface area contributed by atoms with Crippen molar-refractivity contribution in [2.45, 2.75) is 26.4 Å². The lowest BCUT2D eigenvalue weighted by Gasteiger charge is -2.22. The van der Waals surface area contributed by atoms with E-state index in [1.54, 1.807) is 36.4 Å². The monoisotopic (exact) mass is 455 g/mol. The Morgan fingerprint density at radius 2 is 1.75 bits per heavy atom. The van der Waals surface area contributed by atoms with Crippen LogP contribution in [0.5, 0.6) is 5.75 Å². The number of nitrogens with zero attached hydrogens (tertiary/aromatic N) is 1. The van der Waals surface area contributed by atoms with Crippen LogP contribution in [0.2, 0.25) is 0 Å². The lowest BCUT2D eigenvalue weighted by Crippen LogP contribution is -2.48.